The fourth-order valence-electron chi connectivity index (χ4n) is 0.711. The maximum Gasteiger partial charge on any atom is 0.324 e. The standard InChI is InChI=1S/C9H18N2O3/c1-4-5-6-14-9(13)7(2)10-11-8(3)12/h7,10H,4-6H2,1-3H3,(H,11,12)/t7-/m0/s1. The molecule has 0 aromatic rings. The Hall–Kier alpha value is -1.10. The molecule has 0 radical (unpaired) electrons. The summed E-state index contributed by atoms with van der Waals surface area (Å²) in [5.74, 6) is -0.592. The highest BCUT2D eigenvalue weighted by atomic mass is 16.5. The molecule has 0 aromatic carbocycles. The summed E-state index contributed by atoms with van der Waals surface area (Å²) >= 11 is 0. The van der Waals surface area contributed by atoms with E-state index >= 15 is 0 Å². The second kappa shape index (κ2) is 7.32. The minimum atomic E-state index is -0.518. The summed E-state index contributed by atoms with van der Waals surface area (Å²) in [6, 6.07) is -0.518. The lowest BCUT2D eigenvalue weighted by Crippen LogP contribution is -2.46. The normalized spacial score (nSPS) is 11.9. The zero-order valence-electron chi connectivity index (χ0n) is 8.92. The molecule has 0 saturated heterocycles. The van der Waals surface area contributed by atoms with Crippen LogP contribution in [0.1, 0.15) is 33.6 Å². The first-order chi connectivity index (χ1) is 6.57. The molecule has 1 atom stereocenters. The topological polar surface area (TPSA) is 67.4 Å². The molecule has 82 valence electrons. The number of hydrogen-bond donors (Lipinski definition) is 2. The third-order valence-electron chi connectivity index (χ3n) is 1.56. The van der Waals surface area contributed by atoms with Gasteiger partial charge in [-0.2, -0.15) is 0 Å². The van der Waals surface area contributed by atoms with Crippen LogP contribution in [-0.4, -0.2) is 24.5 Å². The highest BCUT2D eigenvalue weighted by molar-refractivity contribution is 5.77. The monoisotopic (exact) mass is 202 g/mol. The van der Waals surface area contributed by atoms with Crippen molar-refractivity contribution in [3.05, 3.63) is 0 Å². The number of carbonyl (C=O) groups is 2. The Kier molecular flexibility index (Phi) is 6.74. The third-order valence-corrected chi connectivity index (χ3v) is 1.56. The zero-order chi connectivity index (χ0) is 11.0. The van der Waals surface area contributed by atoms with Crippen LogP contribution in [0.3, 0.4) is 0 Å². The van der Waals surface area contributed by atoms with Gasteiger partial charge in [-0.1, -0.05) is 13.3 Å². The molecule has 2 N–H and O–H groups in total. The molecule has 0 saturated carbocycles. The van der Waals surface area contributed by atoms with Gasteiger partial charge in [-0.15, -0.1) is 0 Å². The first-order valence-corrected chi connectivity index (χ1v) is 4.76. The molecule has 0 unspecified atom stereocenters. The molecule has 5 heteroatoms. The van der Waals surface area contributed by atoms with E-state index in [1.165, 1.54) is 6.92 Å². The van der Waals surface area contributed by atoms with Gasteiger partial charge in [0.05, 0.1) is 6.61 Å². The maximum absolute atomic E-state index is 11.2. The summed E-state index contributed by atoms with van der Waals surface area (Å²) < 4.78 is 4.92. The quantitative estimate of drug-likeness (QED) is 0.371. The van der Waals surface area contributed by atoms with Crippen molar-refractivity contribution in [1.29, 1.82) is 0 Å². The van der Waals surface area contributed by atoms with Crippen molar-refractivity contribution >= 4 is 11.9 Å². The van der Waals surface area contributed by atoms with Gasteiger partial charge in [0.15, 0.2) is 0 Å². The number of hydrogen-bond acceptors (Lipinski definition) is 4. The summed E-state index contributed by atoms with van der Waals surface area (Å²) in [7, 11) is 0. The van der Waals surface area contributed by atoms with Crippen molar-refractivity contribution in [2.24, 2.45) is 0 Å². The predicted molar refractivity (Wildman–Crippen MR) is 52.3 cm³/mol. The number of hydrazine groups is 1. The molecule has 0 rings (SSSR count). The predicted octanol–water partition coefficient (Wildman–Crippen LogP) is 0.359. The highest BCUT2D eigenvalue weighted by Crippen LogP contribution is 1.91. The van der Waals surface area contributed by atoms with E-state index in [2.05, 4.69) is 10.9 Å². The van der Waals surface area contributed by atoms with E-state index in [0.717, 1.165) is 12.8 Å². The van der Waals surface area contributed by atoms with Crippen molar-refractivity contribution in [3.8, 4) is 0 Å². The molecule has 0 bridgehead atoms. The van der Waals surface area contributed by atoms with Crippen LogP contribution in [0.2, 0.25) is 0 Å². The fourth-order valence-corrected chi connectivity index (χ4v) is 0.711. The SMILES string of the molecule is CCCCOC(=O)[C@H](C)NNC(C)=O. The van der Waals surface area contributed by atoms with E-state index in [1.807, 2.05) is 6.92 Å². The Balaban J connectivity index is 3.59. The zero-order valence-corrected chi connectivity index (χ0v) is 8.92. The van der Waals surface area contributed by atoms with Gasteiger partial charge in [-0.3, -0.25) is 15.0 Å². The number of rotatable bonds is 6. The average molecular weight is 202 g/mol. The number of unbranched alkanes of at least 4 members (excludes halogenated alkanes) is 1. The van der Waals surface area contributed by atoms with Crippen molar-refractivity contribution in [1.82, 2.24) is 10.9 Å². The van der Waals surface area contributed by atoms with E-state index < -0.39 is 6.04 Å². The van der Waals surface area contributed by atoms with Crippen LogP contribution < -0.4 is 10.9 Å². The molecule has 14 heavy (non-hydrogen) atoms. The number of ether oxygens (including phenoxy) is 1. The Labute approximate surface area is 84.2 Å². The minimum absolute atomic E-state index is 0.238. The van der Waals surface area contributed by atoms with Gasteiger partial charge in [0.25, 0.3) is 0 Å². The molecule has 1 amide bonds. The van der Waals surface area contributed by atoms with Gasteiger partial charge in [-0.25, -0.2) is 5.43 Å². The van der Waals surface area contributed by atoms with Crippen molar-refractivity contribution in [2.45, 2.75) is 39.7 Å². The number of amides is 1. The van der Waals surface area contributed by atoms with Crippen LogP contribution in [0, 0.1) is 0 Å². The minimum Gasteiger partial charge on any atom is -0.464 e. The Morgan fingerprint density at radius 1 is 1.43 bits per heavy atom. The van der Waals surface area contributed by atoms with Crippen LogP contribution >= 0.6 is 0 Å². The first kappa shape index (κ1) is 12.9. The summed E-state index contributed by atoms with van der Waals surface area (Å²) in [6.45, 7) is 5.45. The molecule has 0 aliphatic carbocycles. The van der Waals surface area contributed by atoms with Crippen LogP contribution in [-0.2, 0) is 14.3 Å². The van der Waals surface area contributed by atoms with Gasteiger partial charge in [0.2, 0.25) is 5.91 Å². The molecule has 0 fully saturated rings. The molecular formula is C9H18N2O3. The summed E-state index contributed by atoms with van der Waals surface area (Å²) in [4.78, 5) is 21.7. The van der Waals surface area contributed by atoms with Crippen molar-refractivity contribution in [3.63, 3.8) is 0 Å². The molecule has 0 heterocycles. The largest absolute Gasteiger partial charge is 0.464 e. The Morgan fingerprint density at radius 2 is 2.07 bits per heavy atom. The second-order valence-corrected chi connectivity index (χ2v) is 3.07. The molecule has 5 nitrogen and oxygen atoms in total. The van der Waals surface area contributed by atoms with Gasteiger partial charge >= 0.3 is 5.97 Å². The van der Waals surface area contributed by atoms with Crippen molar-refractivity contribution in [2.75, 3.05) is 6.61 Å². The van der Waals surface area contributed by atoms with E-state index in [4.69, 9.17) is 4.74 Å². The van der Waals surface area contributed by atoms with Crippen LogP contribution in [0.15, 0.2) is 0 Å². The van der Waals surface area contributed by atoms with Crippen molar-refractivity contribution < 1.29 is 14.3 Å². The van der Waals surface area contributed by atoms with Gasteiger partial charge in [0, 0.05) is 6.92 Å². The summed E-state index contributed by atoms with van der Waals surface area (Å²) in [5, 5.41) is 0. The summed E-state index contributed by atoms with van der Waals surface area (Å²) in [6.07, 6.45) is 1.85. The van der Waals surface area contributed by atoms with E-state index in [9.17, 15) is 9.59 Å². The van der Waals surface area contributed by atoms with E-state index in [-0.39, 0.29) is 11.9 Å². The number of esters is 1. The van der Waals surface area contributed by atoms with Gasteiger partial charge < -0.3 is 4.74 Å². The van der Waals surface area contributed by atoms with E-state index in [1.54, 1.807) is 6.92 Å². The molecule has 0 aliphatic heterocycles. The Bertz CT molecular complexity index is 194. The lowest BCUT2D eigenvalue weighted by atomic mass is 10.3. The van der Waals surface area contributed by atoms with Crippen LogP contribution in [0.25, 0.3) is 0 Å². The third kappa shape index (κ3) is 6.42. The molecule has 0 aromatic heterocycles. The highest BCUT2D eigenvalue weighted by Gasteiger charge is 2.13. The summed E-state index contributed by atoms with van der Waals surface area (Å²) in [5.41, 5.74) is 4.86. The van der Waals surface area contributed by atoms with Crippen LogP contribution in [0.4, 0.5) is 0 Å². The first-order valence-electron chi connectivity index (χ1n) is 4.76. The smallest absolute Gasteiger partial charge is 0.324 e. The van der Waals surface area contributed by atoms with Crippen LogP contribution in [0.5, 0.6) is 0 Å². The van der Waals surface area contributed by atoms with Gasteiger partial charge in [0.1, 0.15) is 6.04 Å². The average Bonchev–Trinajstić information content (AvgIpc) is 2.14. The maximum atomic E-state index is 11.2. The fraction of sp³-hybridized carbons (Fsp3) is 0.778. The Morgan fingerprint density at radius 3 is 2.57 bits per heavy atom. The molecular weight excluding hydrogens is 184 g/mol. The lowest BCUT2D eigenvalue weighted by molar-refractivity contribution is -0.146. The molecule has 0 aliphatic rings. The number of nitrogens with one attached hydrogen (secondary N) is 2. The number of carbonyl (C=O) groups excluding carboxylic acids is 2. The second-order valence-electron chi connectivity index (χ2n) is 3.07. The lowest BCUT2D eigenvalue weighted by Gasteiger charge is -2.12. The molecule has 0 spiro atoms. The van der Waals surface area contributed by atoms with Gasteiger partial charge in [-0.05, 0) is 13.3 Å². The van der Waals surface area contributed by atoms with E-state index in [0.29, 0.717) is 6.61 Å².